The molecule has 0 radical (unpaired) electrons. The number of thioether (sulfide) groups is 1. The average molecular weight is 385 g/mol. The van der Waals surface area contributed by atoms with Crippen molar-refractivity contribution in [1.82, 2.24) is 9.97 Å². The smallest absolute Gasteiger partial charge is 0.143 e. The molecule has 1 aromatic heterocycles. The number of nitrogens with zero attached hydrogens (tertiary/aromatic N) is 2. The van der Waals surface area contributed by atoms with E-state index in [2.05, 4.69) is 76.0 Å². The maximum Gasteiger partial charge on any atom is 0.143 e. The van der Waals surface area contributed by atoms with Gasteiger partial charge >= 0.3 is 0 Å². The Hall–Kier alpha value is -0.820. The Morgan fingerprint density at radius 2 is 2.00 bits per heavy atom. The largest absolute Gasteiger partial charge is 0.369 e. The van der Waals surface area contributed by atoms with Crippen LogP contribution >= 0.6 is 34.4 Å². The first kappa shape index (κ1) is 14.6. The number of hydrogen-bond donors (Lipinski definition) is 1. The molecule has 0 spiro atoms. The molecule has 0 aliphatic rings. The lowest BCUT2D eigenvalue weighted by molar-refractivity contribution is 1.01. The van der Waals surface area contributed by atoms with E-state index in [0.717, 1.165) is 27.5 Å². The molecule has 2 aromatic rings. The molecule has 1 aromatic carbocycles. The highest BCUT2D eigenvalue weighted by Gasteiger charge is 2.04. The molecule has 1 heterocycles. The topological polar surface area (TPSA) is 37.8 Å². The third-order valence-corrected chi connectivity index (χ3v) is 4.32. The predicted molar refractivity (Wildman–Crippen MR) is 89.7 cm³/mol. The normalized spacial score (nSPS) is 10.5. The Morgan fingerprint density at radius 1 is 1.26 bits per heavy atom. The summed E-state index contributed by atoms with van der Waals surface area (Å²) in [7, 11) is 0. The van der Waals surface area contributed by atoms with Crippen molar-refractivity contribution in [3.63, 3.8) is 0 Å². The zero-order chi connectivity index (χ0) is 13.7. The fraction of sp³-hybridized carbons (Fsp3) is 0.286. The van der Waals surface area contributed by atoms with Crippen molar-refractivity contribution in [2.75, 3.05) is 11.9 Å². The maximum absolute atomic E-state index is 4.54. The lowest BCUT2D eigenvalue weighted by Crippen LogP contribution is -2.05. The Kier molecular flexibility index (Phi) is 5.45. The summed E-state index contributed by atoms with van der Waals surface area (Å²) in [5.74, 6) is 2.58. The van der Waals surface area contributed by atoms with Gasteiger partial charge in [0.25, 0.3) is 0 Å². The monoisotopic (exact) mass is 385 g/mol. The van der Waals surface area contributed by atoms with Crippen LogP contribution in [0.15, 0.2) is 35.4 Å². The number of hydrogen-bond acceptors (Lipinski definition) is 4. The molecule has 100 valence electrons. The minimum absolute atomic E-state index is 0.790. The molecule has 0 aliphatic heterocycles. The SMILES string of the molecule is CCNc1nc(CSc2ccc(C)cc2)ncc1I. The Labute approximate surface area is 131 Å². The van der Waals surface area contributed by atoms with Gasteiger partial charge < -0.3 is 5.32 Å². The van der Waals surface area contributed by atoms with Crippen molar-refractivity contribution in [2.24, 2.45) is 0 Å². The lowest BCUT2D eigenvalue weighted by atomic mass is 10.2. The molecule has 0 unspecified atom stereocenters. The molecule has 0 atom stereocenters. The van der Waals surface area contributed by atoms with Gasteiger partial charge in [-0.05, 0) is 48.6 Å². The Bertz CT molecular complexity index is 543. The zero-order valence-corrected chi connectivity index (χ0v) is 14.0. The second kappa shape index (κ2) is 7.09. The summed E-state index contributed by atoms with van der Waals surface area (Å²) in [5, 5.41) is 3.25. The van der Waals surface area contributed by atoms with Crippen molar-refractivity contribution in [2.45, 2.75) is 24.5 Å². The van der Waals surface area contributed by atoms with Crippen LogP contribution in [0.3, 0.4) is 0 Å². The summed E-state index contributed by atoms with van der Waals surface area (Å²) >= 11 is 4.01. The van der Waals surface area contributed by atoms with Crippen LogP contribution in [-0.4, -0.2) is 16.5 Å². The molecule has 19 heavy (non-hydrogen) atoms. The molecule has 3 nitrogen and oxygen atoms in total. The van der Waals surface area contributed by atoms with Gasteiger partial charge in [-0.3, -0.25) is 0 Å². The molecule has 1 N–H and O–H groups in total. The summed E-state index contributed by atoms with van der Waals surface area (Å²) in [6.07, 6.45) is 1.87. The van der Waals surface area contributed by atoms with Crippen molar-refractivity contribution < 1.29 is 0 Å². The molecule has 0 aliphatic carbocycles. The van der Waals surface area contributed by atoms with Gasteiger partial charge in [-0.1, -0.05) is 17.7 Å². The number of rotatable bonds is 5. The summed E-state index contributed by atoms with van der Waals surface area (Å²) < 4.78 is 1.06. The maximum atomic E-state index is 4.54. The van der Waals surface area contributed by atoms with Gasteiger partial charge in [-0.2, -0.15) is 0 Å². The van der Waals surface area contributed by atoms with Gasteiger partial charge in [-0.15, -0.1) is 11.8 Å². The standard InChI is InChI=1S/C14H16IN3S/c1-3-16-14-12(15)8-17-13(18-14)9-19-11-6-4-10(2)5-7-11/h4-8H,3,9H2,1-2H3,(H,16,17,18). The zero-order valence-electron chi connectivity index (χ0n) is 11.0. The summed E-state index contributed by atoms with van der Waals surface area (Å²) in [6.45, 7) is 5.04. The van der Waals surface area contributed by atoms with Crippen molar-refractivity contribution >= 4 is 40.2 Å². The van der Waals surface area contributed by atoms with Crippen LogP contribution in [0.4, 0.5) is 5.82 Å². The van der Waals surface area contributed by atoms with Crippen LogP contribution in [0, 0.1) is 10.5 Å². The predicted octanol–water partition coefficient (Wildman–Crippen LogP) is 4.11. The number of halogens is 1. The highest BCUT2D eigenvalue weighted by molar-refractivity contribution is 14.1. The minimum Gasteiger partial charge on any atom is -0.369 e. The van der Waals surface area contributed by atoms with E-state index >= 15 is 0 Å². The Balaban J connectivity index is 2.03. The number of benzene rings is 1. The third kappa shape index (κ3) is 4.35. The molecule has 0 saturated heterocycles. The number of nitrogens with one attached hydrogen (secondary N) is 1. The number of aromatic nitrogens is 2. The highest BCUT2D eigenvalue weighted by Crippen LogP contribution is 2.23. The molecular weight excluding hydrogens is 369 g/mol. The van der Waals surface area contributed by atoms with Crippen LogP contribution in [0.25, 0.3) is 0 Å². The lowest BCUT2D eigenvalue weighted by Gasteiger charge is -2.07. The van der Waals surface area contributed by atoms with Crippen LogP contribution < -0.4 is 5.32 Å². The van der Waals surface area contributed by atoms with E-state index in [4.69, 9.17) is 0 Å². The quantitative estimate of drug-likeness (QED) is 0.621. The van der Waals surface area contributed by atoms with Crippen LogP contribution in [0.2, 0.25) is 0 Å². The molecule has 0 fully saturated rings. The fourth-order valence-electron chi connectivity index (χ4n) is 1.55. The van der Waals surface area contributed by atoms with E-state index in [1.165, 1.54) is 10.5 Å². The summed E-state index contributed by atoms with van der Waals surface area (Å²) in [5.41, 5.74) is 1.28. The van der Waals surface area contributed by atoms with Gasteiger partial charge in [-0.25, -0.2) is 9.97 Å². The highest BCUT2D eigenvalue weighted by atomic mass is 127. The second-order valence-corrected chi connectivity index (χ2v) is 6.33. The summed E-state index contributed by atoms with van der Waals surface area (Å²) in [4.78, 5) is 10.2. The first-order chi connectivity index (χ1) is 9.19. The van der Waals surface area contributed by atoms with Gasteiger partial charge in [0, 0.05) is 17.6 Å². The van der Waals surface area contributed by atoms with Crippen molar-refractivity contribution in [3.8, 4) is 0 Å². The van der Waals surface area contributed by atoms with Gasteiger partial charge in [0.15, 0.2) is 0 Å². The van der Waals surface area contributed by atoms with Crippen LogP contribution in [0.5, 0.6) is 0 Å². The fourth-order valence-corrected chi connectivity index (χ4v) is 2.76. The first-order valence-corrected chi connectivity index (χ1v) is 8.20. The van der Waals surface area contributed by atoms with Crippen LogP contribution in [-0.2, 0) is 5.75 Å². The average Bonchev–Trinajstić information content (AvgIpc) is 2.42. The van der Waals surface area contributed by atoms with Crippen LogP contribution in [0.1, 0.15) is 18.3 Å². The van der Waals surface area contributed by atoms with Gasteiger partial charge in [0.2, 0.25) is 0 Å². The van der Waals surface area contributed by atoms with Crippen molar-refractivity contribution in [3.05, 3.63) is 45.4 Å². The molecule has 0 amide bonds. The van der Waals surface area contributed by atoms with Gasteiger partial charge in [0.05, 0.1) is 9.32 Å². The van der Waals surface area contributed by atoms with E-state index < -0.39 is 0 Å². The molecule has 5 heteroatoms. The van der Waals surface area contributed by atoms with E-state index in [1.807, 2.05) is 6.20 Å². The van der Waals surface area contributed by atoms with Crippen molar-refractivity contribution in [1.29, 1.82) is 0 Å². The Morgan fingerprint density at radius 3 is 2.68 bits per heavy atom. The molecule has 0 saturated carbocycles. The third-order valence-electron chi connectivity index (χ3n) is 2.53. The van der Waals surface area contributed by atoms with E-state index in [-0.39, 0.29) is 0 Å². The molecular formula is C14H16IN3S. The van der Waals surface area contributed by atoms with E-state index in [9.17, 15) is 0 Å². The van der Waals surface area contributed by atoms with E-state index in [1.54, 1.807) is 11.8 Å². The second-order valence-electron chi connectivity index (χ2n) is 4.11. The summed E-state index contributed by atoms with van der Waals surface area (Å²) in [6, 6.07) is 8.53. The number of anilines is 1. The molecule has 0 bridgehead atoms. The van der Waals surface area contributed by atoms with E-state index in [0.29, 0.717) is 0 Å². The minimum atomic E-state index is 0.790. The molecule has 2 rings (SSSR count). The van der Waals surface area contributed by atoms with Gasteiger partial charge in [0.1, 0.15) is 11.6 Å². The first-order valence-electron chi connectivity index (χ1n) is 6.14. The number of aryl methyl sites for hydroxylation is 1.